The molecule has 1 fully saturated rings. The maximum Gasteiger partial charge on any atom is 0.323 e. The molecule has 31 heavy (non-hydrogen) atoms. The summed E-state index contributed by atoms with van der Waals surface area (Å²) in [7, 11) is 0. The van der Waals surface area contributed by atoms with Crippen molar-refractivity contribution in [1.29, 1.82) is 0 Å². The number of benzene rings is 1. The van der Waals surface area contributed by atoms with Crippen LogP contribution >= 0.6 is 0 Å². The molecule has 0 amide bonds. The van der Waals surface area contributed by atoms with Gasteiger partial charge in [-0.15, -0.1) is 0 Å². The zero-order valence-corrected chi connectivity index (χ0v) is 18.9. The number of aromatic nitrogens is 3. The van der Waals surface area contributed by atoms with Gasteiger partial charge in [0.25, 0.3) is 0 Å². The fourth-order valence-corrected chi connectivity index (χ4v) is 5.09. The Morgan fingerprint density at radius 1 is 1.10 bits per heavy atom. The minimum atomic E-state index is -1.25. The van der Waals surface area contributed by atoms with Crippen molar-refractivity contribution in [3.05, 3.63) is 48.4 Å². The van der Waals surface area contributed by atoms with Crippen molar-refractivity contribution in [1.82, 2.24) is 14.5 Å². The van der Waals surface area contributed by atoms with E-state index in [0.717, 1.165) is 22.6 Å². The van der Waals surface area contributed by atoms with Crippen molar-refractivity contribution in [3.63, 3.8) is 0 Å². The minimum absolute atomic E-state index is 0.293. The summed E-state index contributed by atoms with van der Waals surface area (Å²) < 4.78 is 27.9. The number of nitrogens with one attached hydrogen (secondary N) is 1. The Morgan fingerprint density at radius 3 is 2.45 bits per heavy atom. The summed E-state index contributed by atoms with van der Waals surface area (Å²) in [5, 5.41) is 4.13. The van der Waals surface area contributed by atoms with Crippen LogP contribution in [0.5, 0.6) is 0 Å². The lowest BCUT2D eigenvalue weighted by Gasteiger charge is -2.18. The largest absolute Gasteiger partial charge is 0.609 e. The minimum Gasteiger partial charge on any atom is -0.609 e. The molecule has 4 rings (SSSR count). The second-order valence-electron chi connectivity index (χ2n) is 8.06. The highest BCUT2D eigenvalue weighted by Crippen LogP contribution is 2.35. The number of nitrogens with zero attached hydrogens (tertiary/aromatic N) is 3. The third kappa shape index (κ3) is 4.93. The Kier molecular flexibility index (Phi) is 6.92. The predicted octanol–water partition coefficient (Wildman–Crippen LogP) is 5.64. The maximum atomic E-state index is 13.5. The van der Waals surface area contributed by atoms with Gasteiger partial charge in [-0.2, -0.15) is 4.98 Å². The van der Waals surface area contributed by atoms with E-state index in [9.17, 15) is 8.94 Å². The predicted molar refractivity (Wildman–Crippen MR) is 124 cm³/mol. The molecular weight excluding hydrogens is 411 g/mol. The fraction of sp³-hybridized carbons (Fsp3) is 0.417. The Labute approximate surface area is 186 Å². The van der Waals surface area contributed by atoms with Crippen LogP contribution in [0.1, 0.15) is 45.4 Å². The van der Waals surface area contributed by atoms with Crippen LogP contribution in [0.3, 0.4) is 0 Å². The molecule has 1 unspecified atom stereocenters. The lowest BCUT2D eigenvalue weighted by Crippen LogP contribution is -2.19. The molecule has 0 spiro atoms. The molecule has 3 aromatic rings. The first-order chi connectivity index (χ1) is 15.1. The summed E-state index contributed by atoms with van der Waals surface area (Å²) in [6.07, 6.45) is 10.9. The highest BCUT2D eigenvalue weighted by molar-refractivity contribution is 7.90. The molecule has 0 radical (unpaired) electrons. The molecule has 1 aromatic carbocycles. The first-order valence-corrected chi connectivity index (χ1v) is 12.6. The van der Waals surface area contributed by atoms with Gasteiger partial charge in [0.2, 0.25) is 0 Å². The average Bonchev–Trinajstić information content (AvgIpc) is 2.98. The second kappa shape index (κ2) is 9.83. The lowest BCUT2D eigenvalue weighted by molar-refractivity contribution is 0.575. The molecule has 1 aliphatic rings. The van der Waals surface area contributed by atoms with Gasteiger partial charge in [-0.25, -0.2) is 9.37 Å². The van der Waals surface area contributed by atoms with E-state index >= 15 is 0 Å². The number of pyridine rings is 1. The Bertz CT molecular complexity index is 1010. The van der Waals surface area contributed by atoms with E-state index < -0.39 is 11.2 Å². The highest BCUT2D eigenvalue weighted by Gasteiger charge is 2.25. The van der Waals surface area contributed by atoms with E-state index in [2.05, 4.69) is 10.3 Å². The van der Waals surface area contributed by atoms with Gasteiger partial charge in [-0.05, 0) is 56.2 Å². The van der Waals surface area contributed by atoms with Crippen LogP contribution in [0.4, 0.5) is 10.2 Å². The first-order valence-electron chi connectivity index (χ1n) is 11.0. The summed E-state index contributed by atoms with van der Waals surface area (Å²) in [5.74, 6) is 0.552. The Hall–Kier alpha value is -2.38. The molecule has 1 aliphatic carbocycles. The van der Waals surface area contributed by atoms with Crippen molar-refractivity contribution in [3.8, 4) is 22.5 Å². The normalized spacial score (nSPS) is 16.1. The van der Waals surface area contributed by atoms with Crippen LogP contribution in [0.25, 0.3) is 22.5 Å². The van der Waals surface area contributed by atoms with Gasteiger partial charge in [-0.1, -0.05) is 25.7 Å². The molecule has 2 heterocycles. The van der Waals surface area contributed by atoms with Crippen LogP contribution in [-0.2, 0) is 17.7 Å². The van der Waals surface area contributed by atoms with Crippen LogP contribution in [-0.4, -0.2) is 31.4 Å². The summed E-state index contributed by atoms with van der Waals surface area (Å²) in [6.45, 7) is 2.65. The van der Waals surface area contributed by atoms with E-state index in [0.29, 0.717) is 23.4 Å². The molecule has 0 aliphatic heterocycles. The topological polar surface area (TPSA) is 65.8 Å². The van der Waals surface area contributed by atoms with Gasteiger partial charge in [-0.3, -0.25) is 4.57 Å². The van der Waals surface area contributed by atoms with Crippen molar-refractivity contribution in [2.75, 3.05) is 11.6 Å². The third-order valence-corrected chi connectivity index (χ3v) is 6.69. The van der Waals surface area contributed by atoms with E-state index in [1.807, 2.05) is 23.6 Å². The van der Waals surface area contributed by atoms with Gasteiger partial charge in [0.05, 0.1) is 5.69 Å². The smallest absolute Gasteiger partial charge is 0.323 e. The molecule has 5 nitrogen and oxygen atoms in total. The number of anilines is 1. The average molecular weight is 441 g/mol. The molecule has 7 heteroatoms. The second-order valence-corrected chi connectivity index (χ2v) is 9.33. The highest BCUT2D eigenvalue weighted by atomic mass is 32.2. The van der Waals surface area contributed by atoms with E-state index in [4.69, 9.17) is 4.98 Å². The first kappa shape index (κ1) is 21.8. The van der Waals surface area contributed by atoms with Crippen molar-refractivity contribution in [2.24, 2.45) is 0 Å². The molecule has 1 saturated carbocycles. The lowest BCUT2D eigenvalue weighted by atomic mass is 10.0. The number of hydrogen-bond donors (Lipinski definition) is 1. The molecule has 1 N–H and O–H groups in total. The van der Waals surface area contributed by atoms with Crippen LogP contribution < -0.4 is 5.32 Å². The Balaban J connectivity index is 1.76. The number of halogens is 1. The van der Waals surface area contributed by atoms with E-state index in [-0.39, 0.29) is 5.82 Å². The van der Waals surface area contributed by atoms with Gasteiger partial charge in [0.1, 0.15) is 23.6 Å². The Morgan fingerprint density at radius 2 is 1.81 bits per heavy atom. The standard InChI is InChI=1S/C24H29FN4OS/c1-3-29-23(22(28-24(29)31(2)30)17-10-12-19(25)13-11-17)18-14-15-26-21(16-18)27-20-8-6-4-5-7-9-20/h10-16,20H,3-9H2,1-2H3,(H,26,27). The van der Waals surface area contributed by atoms with Crippen LogP contribution in [0.15, 0.2) is 47.8 Å². The monoisotopic (exact) mass is 440 g/mol. The zero-order valence-electron chi connectivity index (χ0n) is 18.1. The van der Waals surface area contributed by atoms with E-state index in [1.165, 1.54) is 50.7 Å². The SMILES string of the molecule is CCn1c([S+](C)[O-])nc(-c2ccc(F)cc2)c1-c1ccnc(NC2CCCCCC2)c1. The quantitative estimate of drug-likeness (QED) is 0.398. The van der Waals surface area contributed by atoms with Crippen LogP contribution in [0, 0.1) is 5.82 Å². The zero-order chi connectivity index (χ0) is 21.8. The summed E-state index contributed by atoms with van der Waals surface area (Å²) in [4.78, 5) is 9.26. The number of imidazole rings is 1. The molecular formula is C24H29FN4OS. The number of hydrogen-bond acceptors (Lipinski definition) is 4. The third-order valence-electron chi connectivity index (χ3n) is 5.86. The fourth-order valence-electron chi connectivity index (χ4n) is 4.34. The summed E-state index contributed by atoms with van der Waals surface area (Å²) in [5.41, 5.74) is 3.34. The molecule has 0 bridgehead atoms. The van der Waals surface area contributed by atoms with Gasteiger partial charge in [0.15, 0.2) is 0 Å². The molecule has 2 aromatic heterocycles. The molecule has 1 atom stereocenters. The molecule has 164 valence electrons. The van der Waals surface area contributed by atoms with Gasteiger partial charge < -0.3 is 9.87 Å². The molecule has 0 saturated heterocycles. The summed E-state index contributed by atoms with van der Waals surface area (Å²) >= 11 is -1.25. The van der Waals surface area contributed by atoms with Crippen molar-refractivity contribution < 1.29 is 8.94 Å². The van der Waals surface area contributed by atoms with Gasteiger partial charge >= 0.3 is 5.16 Å². The van der Waals surface area contributed by atoms with Gasteiger partial charge in [0, 0.05) is 41.1 Å². The van der Waals surface area contributed by atoms with Crippen LogP contribution in [0.2, 0.25) is 0 Å². The summed E-state index contributed by atoms with van der Waals surface area (Å²) in [6, 6.07) is 10.7. The number of rotatable bonds is 6. The van der Waals surface area contributed by atoms with E-state index in [1.54, 1.807) is 24.6 Å². The van der Waals surface area contributed by atoms with Crippen molar-refractivity contribution >= 4 is 17.0 Å². The van der Waals surface area contributed by atoms with Crippen molar-refractivity contribution in [2.45, 2.75) is 63.2 Å². The maximum absolute atomic E-state index is 13.5.